The number of hydrogen-bond donors (Lipinski definition) is 1. The molecular weight excluding hydrogens is 242 g/mol. The molecule has 0 aliphatic heterocycles. The van der Waals surface area contributed by atoms with Crippen LogP contribution in [0.15, 0.2) is 42.7 Å². The molecule has 0 unspecified atom stereocenters. The van der Waals surface area contributed by atoms with Crippen LogP contribution in [0.3, 0.4) is 0 Å². The highest BCUT2D eigenvalue weighted by Crippen LogP contribution is 2.31. The fraction of sp³-hybridized carbons (Fsp3) is 0.167. The number of halogens is 2. The van der Waals surface area contributed by atoms with Crippen LogP contribution in [0.5, 0.6) is 0 Å². The number of rotatable bonds is 4. The Morgan fingerprint density at radius 3 is 2.50 bits per heavy atom. The minimum Gasteiger partial charge on any atom is -0.481 e. The van der Waals surface area contributed by atoms with Crippen LogP contribution in [0.25, 0.3) is 5.69 Å². The predicted molar refractivity (Wildman–Crippen MR) is 59.7 cm³/mol. The molecule has 1 aromatic heterocycles. The molecule has 94 valence electrons. The largest absolute Gasteiger partial charge is 0.481 e. The zero-order valence-corrected chi connectivity index (χ0v) is 9.25. The number of carboxylic acid groups (broad SMARTS) is 1. The molecule has 2 rings (SSSR count). The van der Waals surface area contributed by atoms with Crippen LogP contribution in [-0.2, 0) is 10.7 Å². The van der Waals surface area contributed by atoms with E-state index in [1.807, 2.05) is 0 Å². The molecular formula is C12H10F2N2O2. The third-order valence-corrected chi connectivity index (χ3v) is 2.43. The average Bonchev–Trinajstić information content (AvgIpc) is 2.81. The highest BCUT2D eigenvalue weighted by atomic mass is 19.3. The van der Waals surface area contributed by atoms with E-state index in [1.165, 1.54) is 28.9 Å². The summed E-state index contributed by atoms with van der Waals surface area (Å²) in [6.45, 7) is 0. The summed E-state index contributed by atoms with van der Waals surface area (Å²) in [5.74, 6) is -4.90. The number of hydrogen-bond acceptors (Lipinski definition) is 2. The van der Waals surface area contributed by atoms with Gasteiger partial charge in [-0.1, -0.05) is 12.1 Å². The van der Waals surface area contributed by atoms with E-state index < -0.39 is 18.3 Å². The Bertz CT molecular complexity index is 536. The molecule has 0 saturated carbocycles. The first kappa shape index (κ1) is 12.2. The first-order valence-electron chi connectivity index (χ1n) is 5.19. The molecule has 0 aliphatic carbocycles. The maximum atomic E-state index is 13.5. The first-order valence-corrected chi connectivity index (χ1v) is 5.19. The van der Waals surface area contributed by atoms with E-state index in [4.69, 9.17) is 5.11 Å². The Morgan fingerprint density at radius 2 is 2.00 bits per heavy atom. The van der Waals surface area contributed by atoms with E-state index in [9.17, 15) is 13.6 Å². The van der Waals surface area contributed by atoms with Crippen LogP contribution in [0.2, 0.25) is 0 Å². The summed E-state index contributed by atoms with van der Waals surface area (Å²) < 4.78 is 28.5. The van der Waals surface area contributed by atoms with Gasteiger partial charge in [-0.15, -0.1) is 0 Å². The lowest BCUT2D eigenvalue weighted by Crippen LogP contribution is -2.18. The fourth-order valence-corrected chi connectivity index (χ4v) is 1.57. The number of nitrogens with zero attached hydrogens (tertiary/aromatic N) is 2. The summed E-state index contributed by atoms with van der Waals surface area (Å²) >= 11 is 0. The Kier molecular flexibility index (Phi) is 3.10. The van der Waals surface area contributed by atoms with Gasteiger partial charge >= 0.3 is 5.97 Å². The third kappa shape index (κ3) is 2.53. The van der Waals surface area contributed by atoms with Crippen molar-refractivity contribution >= 4 is 5.97 Å². The number of benzene rings is 1. The standard InChI is InChI=1S/C12H10F2N2O2/c13-12(14,8-11(17)18)9-2-4-10(5-3-9)16-7-1-6-15-16/h1-7H,8H2,(H,17,18). The van der Waals surface area contributed by atoms with Crippen molar-refractivity contribution in [1.82, 2.24) is 9.78 Å². The summed E-state index contributed by atoms with van der Waals surface area (Å²) in [6.07, 6.45) is 2.05. The van der Waals surface area contributed by atoms with Gasteiger partial charge in [0.1, 0.15) is 6.42 Å². The zero-order chi connectivity index (χ0) is 13.2. The van der Waals surface area contributed by atoms with Crippen molar-refractivity contribution < 1.29 is 18.7 Å². The smallest absolute Gasteiger partial charge is 0.309 e. The Labute approximate surface area is 101 Å². The summed E-state index contributed by atoms with van der Waals surface area (Å²) in [5.41, 5.74) is 0.315. The number of aromatic nitrogens is 2. The van der Waals surface area contributed by atoms with Crippen molar-refractivity contribution in [3.63, 3.8) is 0 Å². The van der Waals surface area contributed by atoms with E-state index >= 15 is 0 Å². The second kappa shape index (κ2) is 4.56. The van der Waals surface area contributed by atoms with Gasteiger partial charge in [0.2, 0.25) is 0 Å². The van der Waals surface area contributed by atoms with Crippen LogP contribution in [0, 0.1) is 0 Å². The van der Waals surface area contributed by atoms with Gasteiger partial charge in [-0.25, -0.2) is 13.5 Å². The second-order valence-corrected chi connectivity index (χ2v) is 3.77. The Balaban J connectivity index is 2.25. The molecule has 0 fully saturated rings. The number of carboxylic acids is 1. The van der Waals surface area contributed by atoms with E-state index in [2.05, 4.69) is 5.10 Å². The molecule has 0 radical (unpaired) electrons. The monoisotopic (exact) mass is 252 g/mol. The van der Waals surface area contributed by atoms with Crippen molar-refractivity contribution in [2.75, 3.05) is 0 Å². The number of alkyl halides is 2. The average molecular weight is 252 g/mol. The van der Waals surface area contributed by atoms with E-state index in [0.29, 0.717) is 5.69 Å². The van der Waals surface area contributed by atoms with Gasteiger partial charge < -0.3 is 5.11 Å². The molecule has 0 atom stereocenters. The van der Waals surface area contributed by atoms with Crippen molar-refractivity contribution in [3.8, 4) is 5.69 Å². The van der Waals surface area contributed by atoms with Gasteiger partial charge in [-0.2, -0.15) is 5.10 Å². The van der Waals surface area contributed by atoms with Crippen molar-refractivity contribution in [3.05, 3.63) is 48.3 Å². The highest BCUT2D eigenvalue weighted by molar-refractivity contribution is 5.68. The molecule has 0 bridgehead atoms. The lowest BCUT2D eigenvalue weighted by molar-refractivity contribution is -0.145. The van der Waals surface area contributed by atoms with E-state index in [-0.39, 0.29) is 5.56 Å². The molecule has 4 nitrogen and oxygen atoms in total. The van der Waals surface area contributed by atoms with Crippen LogP contribution >= 0.6 is 0 Å². The molecule has 2 aromatic rings. The van der Waals surface area contributed by atoms with Crippen LogP contribution in [0.4, 0.5) is 8.78 Å². The number of aliphatic carboxylic acids is 1. The SMILES string of the molecule is O=C(O)CC(F)(F)c1ccc(-n2cccn2)cc1. The molecule has 18 heavy (non-hydrogen) atoms. The van der Waals surface area contributed by atoms with Gasteiger partial charge in [0.05, 0.1) is 5.69 Å². The minimum absolute atomic E-state index is 0.319. The van der Waals surface area contributed by atoms with Crippen LogP contribution < -0.4 is 0 Å². The van der Waals surface area contributed by atoms with Gasteiger partial charge in [-0.05, 0) is 18.2 Å². The summed E-state index contributed by atoms with van der Waals surface area (Å²) in [7, 11) is 0. The van der Waals surface area contributed by atoms with E-state index in [1.54, 1.807) is 18.5 Å². The lowest BCUT2D eigenvalue weighted by atomic mass is 10.1. The summed E-state index contributed by atoms with van der Waals surface area (Å²) in [4.78, 5) is 10.3. The highest BCUT2D eigenvalue weighted by Gasteiger charge is 2.34. The maximum absolute atomic E-state index is 13.5. The summed E-state index contributed by atoms with van der Waals surface area (Å²) in [5, 5.41) is 12.4. The minimum atomic E-state index is -3.37. The van der Waals surface area contributed by atoms with Crippen LogP contribution in [-0.4, -0.2) is 20.9 Å². The van der Waals surface area contributed by atoms with Gasteiger partial charge in [-0.3, -0.25) is 4.79 Å². The normalized spacial score (nSPS) is 11.4. The maximum Gasteiger partial charge on any atom is 0.309 e. The quantitative estimate of drug-likeness (QED) is 0.909. The topological polar surface area (TPSA) is 55.1 Å². The molecule has 1 N–H and O–H groups in total. The van der Waals surface area contributed by atoms with Crippen molar-refractivity contribution in [1.29, 1.82) is 0 Å². The molecule has 0 amide bonds. The van der Waals surface area contributed by atoms with Gasteiger partial charge in [0, 0.05) is 18.0 Å². The van der Waals surface area contributed by atoms with Gasteiger partial charge in [0.15, 0.2) is 0 Å². The molecule has 0 aliphatic rings. The van der Waals surface area contributed by atoms with Crippen molar-refractivity contribution in [2.45, 2.75) is 12.3 Å². The molecule has 6 heteroatoms. The number of carbonyl (C=O) groups is 1. The fourth-order valence-electron chi connectivity index (χ4n) is 1.57. The molecule has 0 saturated heterocycles. The second-order valence-electron chi connectivity index (χ2n) is 3.77. The Morgan fingerprint density at radius 1 is 1.33 bits per heavy atom. The van der Waals surface area contributed by atoms with Crippen LogP contribution in [0.1, 0.15) is 12.0 Å². The first-order chi connectivity index (χ1) is 8.49. The lowest BCUT2D eigenvalue weighted by Gasteiger charge is -2.14. The Hall–Kier alpha value is -2.24. The molecule has 1 aromatic carbocycles. The molecule has 0 spiro atoms. The third-order valence-electron chi connectivity index (χ3n) is 2.43. The summed E-state index contributed by atoms with van der Waals surface area (Å²) in [6, 6.07) is 7.07. The van der Waals surface area contributed by atoms with E-state index in [0.717, 1.165) is 0 Å². The zero-order valence-electron chi connectivity index (χ0n) is 9.25. The predicted octanol–water partition coefficient (Wildman–Crippen LogP) is 2.44. The molecule has 1 heterocycles. The van der Waals surface area contributed by atoms with Gasteiger partial charge in [0.25, 0.3) is 5.92 Å². The van der Waals surface area contributed by atoms with Crippen molar-refractivity contribution in [2.24, 2.45) is 0 Å².